The van der Waals surface area contributed by atoms with Crippen molar-refractivity contribution >= 4 is 23.7 Å². The molecule has 0 fully saturated rings. The van der Waals surface area contributed by atoms with E-state index in [9.17, 15) is 14.0 Å². The van der Waals surface area contributed by atoms with Gasteiger partial charge in [0.1, 0.15) is 5.82 Å². The second-order valence-corrected chi connectivity index (χ2v) is 6.62. The highest BCUT2D eigenvalue weighted by Gasteiger charge is 2.12. The molecule has 3 aromatic carbocycles. The molecule has 0 radical (unpaired) electrons. The molecule has 0 saturated carbocycles. The molecular formula is C24H19FN4O4. The Hall–Kier alpha value is -4.71. The van der Waals surface area contributed by atoms with Crippen molar-refractivity contribution in [1.82, 2.24) is 5.43 Å². The summed E-state index contributed by atoms with van der Waals surface area (Å²) in [5.41, 5.74) is 3.32. The third kappa shape index (κ3) is 6.38. The van der Waals surface area contributed by atoms with Crippen molar-refractivity contribution in [2.75, 3.05) is 19.0 Å². The number of hydrogen-bond acceptors (Lipinski definition) is 6. The number of nitrogens with one attached hydrogen (secondary N) is 2. The fourth-order valence-electron chi connectivity index (χ4n) is 2.74. The predicted octanol–water partition coefficient (Wildman–Crippen LogP) is 3.49. The molecular weight excluding hydrogens is 427 g/mol. The van der Waals surface area contributed by atoms with E-state index in [0.29, 0.717) is 22.7 Å². The van der Waals surface area contributed by atoms with Gasteiger partial charge in [0.05, 0.1) is 30.5 Å². The smallest absolute Gasteiger partial charge is 0.274 e. The molecule has 3 aromatic rings. The number of para-hydroxylation sites is 1. The SMILES string of the molecule is COc1cc(/C=N\NC(=O)c2ccc(C#N)cc2F)ccc1OCC(=O)Nc1ccccc1. The number of carbonyl (C=O) groups is 2. The maximum Gasteiger partial charge on any atom is 0.274 e. The summed E-state index contributed by atoms with van der Waals surface area (Å²) in [7, 11) is 1.45. The highest BCUT2D eigenvalue weighted by molar-refractivity contribution is 5.95. The molecule has 0 heterocycles. The summed E-state index contributed by atoms with van der Waals surface area (Å²) in [5, 5.41) is 15.3. The lowest BCUT2D eigenvalue weighted by atomic mass is 10.1. The number of rotatable bonds is 8. The number of nitrogens with zero attached hydrogens (tertiary/aromatic N) is 2. The van der Waals surface area contributed by atoms with Crippen molar-refractivity contribution in [3.05, 3.63) is 89.2 Å². The molecule has 2 amide bonds. The van der Waals surface area contributed by atoms with Gasteiger partial charge >= 0.3 is 0 Å². The van der Waals surface area contributed by atoms with Gasteiger partial charge in [0.2, 0.25) is 0 Å². The molecule has 0 aliphatic rings. The Kier molecular flexibility index (Phi) is 7.70. The van der Waals surface area contributed by atoms with E-state index in [0.717, 1.165) is 6.07 Å². The number of nitriles is 1. The Morgan fingerprint density at radius 2 is 1.88 bits per heavy atom. The molecule has 0 atom stereocenters. The summed E-state index contributed by atoms with van der Waals surface area (Å²) >= 11 is 0. The Balaban J connectivity index is 1.58. The van der Waals surface area contributed by atoms with Crippen LogP contribution in [0.15, 0.2) is 71.8 Å². The summed E-state index contributed by atoms with van der Waals surface area (Å²) in [4.78, 5) is 24.1. The van der Waals surface area contributed by atoms with Crippen molar-refractivity contribution in [3.8, 4) is 17.6 Å². The van der Waals surface area contributed by atoms with Gasteiger partial charge in [-0.25, -0.2) is 9.82 Å². The van der Waals surface area contributed by atoms with Crippen LogP contribution in [0.1, 0.15) is 21.5 Å². The van der Waals surface area contributed by atoms with E-state index in [4.69, 9.17) is 14.7 Å². The van der Waals surface area contributed by atoms with Gasteiger partial charge in [-0.1, -0.05) is 18.2 Å². The topological polar surface area (TPSA) is 113 Å². The van der Waals surface area contributed by atoms with Crippen LogP contribution in [0.4, 0.5) is 10.1 Å². The third-order valence-corrected chi connectivity index (χ3v) is 4.33. The molecule has 0 spiro atoms. The van der Waals surface area contributed by atoms with E-state index >= 15 is 0 Å². The summed E-state index contributed by atoms with van der Waals surface area (Å²) in [6, 6.07) is 19.1. The number of benzene rings is 3. The Labute approximate surface area is 189 Å². The highest BCUT2D eigenvalue weighted by Crippen LogP contribution is 2.27. The first-order chi connectivity index (χ1) is 16.0. The first-order valence-corrected chi connectivity index (χ1v) is 9.69. The molecule has 0 aromatic heterocycles. The van der Waals surface area contributed by atoms with Crippen LogP contribution < -0.4 is 20.2 Å². The predicted molar refractivity (Wildman–Crippen MR) is 120 cm³/mol. The molecule has 8 nitrogen and oxygen atoms in total. The van der Waals surface area contributed by atoms with Crippen LogP contribution in [0, 0.1) is 17.1 Å². The minimum Gasteiger partial charge on any atom is -0.493 e. The number of amides is 2. The second-order valence-electron chi connectivity index (χ2n) is 6.62. The lowest BCUT2D eigenvalue weighted by Crippen LogP contribution is -2.20. The second kappa shape index (κ2) is 11.1. The zero-order chi connectivity index (χ0) is 23.6. The number of halogens is 1. The first kappa shape index (κ1) is 23.0. The van der Waals surface area contributed by atoms with E-state index in [-0.39, 0.29) is 23.6 Å². The molecule has 0 saturated heterocycles. The van der Waals surface area contributed by atoms with Crippen molar-refractivity contribution in [1.29, 1.82) is 5.26 Å². The molecule has 3 rings (SSSR count). The van der Waals surface area contributed by atoms with Crippen LogP contribution in [0.3, 0.4) is 0 Å². The van der Waals surface area contributed by atoms with Crippen molar-refractivity contribution in [2.24, 2.45) is 5.10 Å². The lowest BCUT2D eigenvalue weighted by Gasteiger charge is -2.11. The van der Waals surface area contributed by atoms with E-state index < -0.39 is 11.7 Å². The van der Waals surface area contributed by atoms with Gasteiger partial charge in [-0.05, 0) is 54.1 Å². The molecule has 0 aliphatic carbocycles. The average molecular weight is 446 g/mol. The number of methoxy groups -OCH3 is 1. The fourth-order valence-corrected chi connectivity index (χ4v) is 2.74. The molecule has 33 heavy (non-hydrogen) atoms. The number of carbonyl (C=O) groups excluding carboxylic acids is 2. The normalized spacial score (nSPS) is 10.3. The van der Waals surface area contributed by atoms with Crippen molar-refractivity contribution in [2.45, 2.75) is 0 Å². The largest absolute Gasteiger partial charge is 0.493 e. The Bertz CT molecular complexity index is 1220. The van der Waals surface area contributed by atoms with Gasteiger partial charge in [-0.2, -0.15) is 10.4 Å². The van der Waals surface area contributed by atoms with Gasteiger partial charge in [0.25, 0.3) is 11.8 Å². The van der Waals surface area contributed by atoms with Crippen LogP contribution in [0.2, 0.25) is 0 Å². The lowest BCUT2D eigenvalue weighted by molar-refractivity contribution is -0.118. The summed E-state index contributed by atoms with van der Waals surface area (Å²) in [6.07, 6.45) is 1.34. The molecule has 9 heteroatoms. The van der Waals surface area contributed by atoms with Gasteiger partial charge in [0.15, 0.2) is 18.1 Å². The molecule has 0 unspecified atom stereocenters. The van der Waals surface area contributed by atoms with Crippen molar-refractivity contribution < 1.29 is 23.5 Å². The third-order valence-electron chi connectivity index (χ3n) is 4.33. The van der Waals surface area contributed by atoms with Crippen LogP contribution in [-0.4, -0.2) is 31.7 Å². The van der Waals surface area contributed by atoms with Gasteiger partial charge in [-0.3, -0.25) is 9.59 Å². The van der Waals surface area contributed by atoms with Gasteiger partial charge < -0.3 is 14.8 Å². The summed E-state index contributed by atoms with van der Waals surface area (Å²) in [5.74, 6) is -1.20. The number of ether oxygens (including phenoxy) is 2. The van der Waals surface area contributed by atoms with Crippen LogP contribution in [-0.2, 0) is 4.79 Å². The zero-order valence-corrected chi connectivity index (χ0v) is 17.5. The fraction of sp³-hybridized carbons (Fsp3) is 0.0833. The van der Waals surface area contributed by atoms with E-state index in [1.807, 2.05) is 18.2 Å². The minimum absolute atomic E-state index is 0.111. The van der Waals surface area contributed by atoms with E-state index in [2.05, 4.69) is 15.8 Å². The highest BCUT2D eigenvalue weighted by atomic mass is 19.1. The van der Waals surface area contributed by atoms with Crippen molar-refractivity contribution in [3.63, 3.8) is 0 Å². The van der Waals surface area contributed by atoms with Gasteiger partial charge in [-0.15, -0.1) is 0 Å². The number of hydrazone groups is 1. The average Bonchev–Trinajstić information content (AvgIpc) is 2.83. The number of hydrogen-bond donors (Lipinski definition) is 2. The summed E-state index contributed by atoms with van der Waals surface area (Å²) in [6.45, 7) is -0.217. The van der Waals surface area contributed by atoms with E-state index in [1.165, 1.54) is 25.5 Å². The standard InChI is InChI=1S/C24H19FN4O4/c1-32-22-12-17(14-27-29-24(31)19-9-7-16(13-26)11-20(19)25)8-10-21(22)33-15-23(30)28-18-5-3-2-4-6-18/h2-12,14H,15H2,1H3,(H,28,30)(H,29,31)/b27-14-. The maximum absolute atomic E-state index is 13.9. The molecule has 0 bridgehead atoms. The minimum atomic E-state index is -0.818. The molecule has 166 valence electrons. The molecule has 2 N–H and O–H groups in total. The van der Waals surface area contributed by atoms with Crippen LogP contribution in [0.25, 0.3) is 0 Å². The van der Waals surface area contributed by atoms with Crippen LogP contribution >= 0.6 is 0 Å². The Morgan fingerprint density at radius 1 is 1.09 bits per heavy atom. The zero-order valence-electron chi connectivity index (χ0n) is 17.5. The van der Waals surface area contributed by atoms with Gasteiger partial charge in [0, 0.05) is 5.69 Å². The monoisotopic (exact) mass is 446 g/mol. The number of anilines is 1. The van der Waals surface area contributed by atoms with E-state index in [1.54, 1.807) is 36.4 Å². The maximum atomic E-state index is 13.9. The first-order valence-electron chi connectivity index (χ1n) is 9.69. The summed E-state index contributed by atoms with van der Waals surface area (Å²) < 4.78 is 24.7. The van der Waals surface area contributed by atoms with Crippen LogP contribution in [0.5, 0.6) is 11.5 Å². The quantitative estimate of drug-likeness (QED) is 0.406. The molecule has 0 aliphatic heterocycles. The Morgan fingerprint density at radius 3 is 2.58 bits per heavy atom.